The number of Topliss-reactive ketones (excluding diaryl/α,β-unsaturated/α-hetero) is 1. The predicted octanol–water partition coefficient (Wildman–Crippen LogP) is 2.79. The highest BCUT2D eigenvalue weighted by atomic mass is 16.3. The van der Waals surface area contributed by atoms with Crippen molar-refractivity contribution in [3.63, 3.8) is 0 Å². The fourth-order valence-corrected chi connectivity index (χ4v) is 2.12. The first kappa shape index (κ1) is 13.5. The molecule has 19 heavy (non-hydrogen) atoms. The number of hydrogen-bond acceptors (Lipinski definition) is 2. The number of rotatable bonds is 6. The van der Waals surface area contributed by atoms with E-state index in [2.05, 4.69) is 0 Å². The molecule has 0 spiro atoms. The summed E-state index contributed by atoms with van der Waals surface area (Å²) >= 11 is 0. The van der Waals surface area contributed by atoms with Gasteiger partial charge in [0.05, 0.1) is 6.10 Å². The van der Waals surface area contributed by atoms with E-state index >= 15 is 0 Å². The lowest BCUT2D eigenvalue weighted by Crippen LogP contribution is -2.17. The second kappa shape index (κ2) is 6.86. The average Bonchev–Trinajstić information content (AvgIpc) is 2.40. The Labute approximate surface area is 113 Å². The molecule has 2 nitrogen and oxygen atoms in total. The van der Waals surface area contributed by atoms with Crippen molar-refractivity contribution in [3.05, 3.63) is 71.8 Å². The lowest BCUT2D eigenvalue weighted by Gasteiger charge is -2.09. The third kappa shape index (κ3) is 4.68. The Hall–Kier alpha value is -1.93. The summed E-state index contributed by atoms with van der Waals surface area (Å²) in [5, 5.41) is 9.93. The van der Waals surface area contributed by atoms with E-state index in [1.54, 1.807) is 0 Å². The van der Waals surface area contributed by atoms with Crippen LogP contribution in [-0.4, -0.2) is 17.0 Å². The second-order valence-corrected chi connectivity index (χ2v) is 4.75. The van der Waals surface area contributed by atoms with Crippen molar-refractivity contribution in [2.24, 2.45) is 0 Å². The fourth-order valence-electron chi connectivity index (χ4n) is 2.12. The van der Waals surface area contributed by atoms with Gasteiger partial charge in [-0.2, -0.15) is 0 Å². The molecule has 2 rings (SSSR count). The van der Waals surface area contributed by atoms with Crippen molar-refractivity contribution in [3.8, 4) is 0 Å². The number of aliphatic hydroxyl groups excluding tert-OH is 1. The Morgan fingerprint density at radius 1 is 0.895 bits per heavy atom. The molecule has 1 unspecified atom stereocenters. The molecule has 0 aliphatic carbocycles. The van der Waals surface area contributed by atoms with Gasteiger partial charge < -0.3 is 5.11 Å². The number of benzene rings is 2. The molecule has 2 aromatic rings. The number of ketones is 1. The maximum absolute atomic E-state index is 11.9. The predicted molar refractivity (Wildman–Crippen MR) is 75.9 cm³/mol. The molecule has 2 aromatic carbocycles. The van der Waals surface area contributed by atoms with E-state index in [4.69, 9.17) is 0 Å². The van der Waals surface area contributed by atoms with Crippen LogP contribution in [0.2, 0.25) is 0 Å². The van der Waals surface area contributed by atoms with Crippen LogP contribution in [0.15, 0.2) is 60.7 Å². The molecule has 0 aliphatic rings. The Bertz CT molecular complexity index is 505. The molecule has 1 N–H and O–H groups in total. The van der Waals surface area contributed by atoms with E-state index in [0.29, 0.717) is 12.8 Å². The molecule has 0 fully saturated rings. The van der Waals surface area contributed by atoms with Crippen molar-refractivity contribution >= 4 is 5.78 Å². The molecule has 0 saturated carbocycles. The van der Waals surface area contributed by atoms with Crippen LogP contribution < -0.4 is 0 Å². The van der Waals surface area contributed by atoms with Gasteiger partial charge in [0, 0.05) is 12.8 Å². The lowest BCUT2D eigenvalue weighted by molar-refractivity contribution is -0.120. The van der Waals surface area contributed by atoms with Gasteiger partial charge in [0.2, 0.25) is 0 Å². The van der Waals surface area contributed by atoms with Crippen molar-refractivity contribution in [2.45, 2.75) is 25.4 Å². The molecule has 0 saturated heterocycles. The molecule has 0 aliphatic heterocycles. The standard InChI is InChI=1S/C17H18O2/c18-16(11-14-7-3-1-4-8-14)13-17(19)12-15-9-5-2-6-10-15/h1-10,16,18H,11-13H2. The zero-order valence-corrected chi connectivity index (χ0v) is 10.8. The van der Waals surface area contributed by atoms with Gasteiger partial charge in [-0.3, -0.25) is 4.79 Å². The molecule has 0 aromatic heterocycles. The number of carbonyl (C=O) groups excluding carboxylic acids is 1. The zero-order chi connectivity index (χ0) is 13.5. The van der Waals surface area contributed by atoms with Gasteiger partial charge in [-0.15, -0.1) is 0 Å². The molecule has 1 atom stereocenters. The van der Waals surface area contributed by atoms with Crippen LogP contribution in [0.5, 0.6) is 0 Å². The molecule has 0 heterocycles. The minimum atomic E-state index is -0.599. The minimum Gasteiger partial charge on any atom is -0.392 e. The number of aliphatic hydroxyl groups is 1. The summed E-state index contributed by atoms with van der Waals surface area (Å²) in [6, 6.07) is 19.4. The van der Waals surface area contributed by atoms with E-state index in [1.165, 1.54) is 0 Å². The normalized spacial score (nSPS) is 12.1. The van der Waals surface area contributed by atoms with Crippen molar-refractivity contribution in [2.75, 3.05) is 0 Å². The van der Waals surface area contributed by atoms with Crippen LogP contribution in [0.4, 0.5) is 0 Å². The lowest BCUT2D eigenvalue weighted by atomic mass is 10.0. The minimum absolute atomic E-state index is 0.0784. The summed E-state index contributed by atoms with van der Waals surface area (Å²) < 4.78 is 0. The summed E-state index contributed by atoms with van der Waals surface area (Å²) in [6.45, 7) is 0. The molecule has 98 valence electrons. The largest absolute Gasteiger partial charge is 0.392 e. The Morgan fingerprint density at radius 2 is 1.42 bits per heavy atom. The van der Waals surface area contributed by atoms with Crippen LogP contribution in [0.1, 0.15) is 17.5 Å². The summed E-state index contributed by atoms with van der Waals surface area (Å²) in [5.74, 6) is 0.0784. The monoisotopic (exact) mass is 254 g/mol. The zero-order valence-electron chi connectivity index (χ0n) is 10.8. The van der Waals surface area contributed by atoms with Crippen molar-refractivity contribution < 1.29 is 9.90 Å². The van der Waals surface area contributed by atoms with E-state index < -0.39 is 6.10 Å². The average molecular weight is 254 g/mol. The fraction of sp³-hybridized carbons (Fsp3) is 0.235. The molecule has 0 amide bonds. The van der Waals surface area contributed by atoms with Crippen LogP contribution in [0, 0.1) is 0 Å². The smallest absolute Gasteiger partial charge is 0.139 e. The summed E-state index contributed by atoms with van der Waals surface area (Å²) in [5.41, 5.74) is 2.06. The van der Waals surface area contributed by atoms with E-state index in [1.807, 2.05) is 60.7 Å². The van der Waals surface area contributed by atoms with Gasteiger partial charge in [-0.05, 0) is 17.5 Å². The van der Waals surface area contributed by atoms with Crippen LogP contribution >= 0.6 is 0 Å². The van der Waals surface area contributed by atoms with Gasteiger partial charge >= 0.3 is 0 Å². The van der Waals surface area contributed by atoms with E-state index in [0.717, 1.165) is 11.1 Å². The van der Waals surface area contributed by atoms with E-state index in [-0.39, 0.29) is 12.2 Å². The van der Waals surface area contributed by atoms with Crippen LogP contribution in [-0.2, 0) is 17.6 Å². The van der Waals surface area contributed by atoms with Gasteiger partial charge in [-0.1, -0.05) is 60.7 Å². The molecule has 2 heteroatoms. The molecular formula is C17H18O2. The number of carbonyl (C=O) groups is 1. The topological polar surface area (TPSA) is 37.3 Å². The van der Waals surface area contributed by atoms with Gasteiger partial charge in [-0.25, -0.2) is 0 Å². The summed E-state index contributed by atoms with van der Waals surface area (Å²) in [7, 11) is 0. The highest BCUT2D eigenvalue weighted by Gasteiger charge is 2.11. The van der Waals surface area contributed by atoms with Gasteiger partial charge in [0.15, 0.2) is 0 Å². The third-order valence-corrected chi connectivity index (χ3v) is 3.02. The first-order valence-corrected chi connectivity index (χ1v) is 6.51. The maximum Gasteiger partial charge on any atom is 0.139 e. The molecular weight excluding hydrogens is 236 g/mol. The highest BCUT2D eigenvalue weighted by Crippen LogP contribution is 2.08. The van der Waals surface area contributed by atoms with E-state index in [9.17, 15) is 9.90 Å². The first-order chi connectivity index (χ1) is 9.24. The Morgan fingerprint density at radius 3 is 2.00 bits per heavy atom. The SMILES string of the molecule is O=C(Cc1ccccc1)CC(O)Cc1ccccc1. The quantitative estimate of drug-likeness (QED) is 0.860. The van der Waals surface area contributed by atoms with Gasteiger partial charge in [0.1, 0.15) is 5.78 Å². The number of hydrogen-bond donors (Lipinski definition) is 1. The highest BCUT2D eigenvalue weighted by molar-refractivity contribution is 5.81. The second-order valence-electron chi connectivity index (χ2n) is 4.75. The molecule has 0 bridgehead atoms. The van der Waals surface area contributed by atoms with Crippen molar-refractivity contribution in [1.82, 2.24) is 0 Å². The van der Waals surface area contributed by atoms with Gasteiger partial charge in [0.25, 0.3) is 0 Å². The maximum atomic E-state index is 11.9. The summed E-state index contributed by atoms with van der Waals surface area (Å²) in [6.07, 6.45) is 0.538. The molecule has 0 radical (unpaired) electrons. The first-order valence-electron chi connectivity index (χ1n) is 6.51. The van der Waals surface area contributed by atoms with Crippen LogP contribution in [0.25, 0.3) is 0 Å². The third-order valence-electron chi connectivity index (χ3n) is 3.02. The summed E-state index contributed by atoms with van der Waals surface area (Å²) in [4.78, 5) is 11.9. The Balaban J connectivity index is 1.82. The van der Waals surface area contributed by atoms with Crippen LogP contribution in [0.3, 0.4) is 0 Å². The van der Waals surface area contributed by atoms with Crippen molar-refractivity contribution in [1.29, 1.82) is 0 Å². The Kier molecular flexibility index (Phi) is 4.87.